The molecule has 3 aliphatic carbocycles. The van der Waals surface area contributed by atoms with Crippen molar-refractivity contribution < 1.29 is 0 Å². The van der Waals surface area contributed by atoms with E-state index in [0.717, 1.165) is 29.5 Å². The van der Waals surface area contributed by atoms with Crippen molar-refractivity contribution in [3.05, 3.63) is 23.8 Å². The lowest BCUT2D eigenvalue weighted by molar-refractivity contribution is 0.163. The van der Waals surface area contributed by atoms with Gasteiger partial charge >= 0.3 is 0 Å². The van der Waals surface area contributed by atoms with Crippen molar-refractivity contribution in [1.82, 2.24) is 9.97 Å². The summed E-state index contributed by atoms with van der Waals surface area (Å²) in [7, 11) is 0. The minimum absolute atomic E-state index is 0.620. The van der Waals surface area contributed by atoms with Crippen molar-refractivity contribution in [3.8, 4) is 0 Å². The zero-order valence-corrected chi connectivity index (χ0v) is 17.0. The molecule has 0 atom stereocenters. The van der Waals surface area contributed by atoms with E-state index in [9.17, 15) is 0 Å². The van der Waals surface area contributed by atoms with E-state index >= 15 is 0 Å². The van der Waals surface area contributed by atoms with E-state index in [0.29, 0.717) is 11.8 Å². The standard InChI is InChI=1S/C24H38N2/c1-17-3-7-19(8-4-17)20-11-13-22(14-12-20)24-25-15-23(16-26-24)21-9-5-18(2)6-10-21/h15-22H,3-14H2,1-2H3. The molecule has 3 fully saturated rings. The Morgan fingerprint density at radius 1 is 0.577 bits per heavy atom. The van der Waals surface area contributed by atoms with Crippen LogP contribution in [0.2, 0.25) is 0 Å². The Labute approximate surface area is 160 Å². The van der Waals surface area contributed by atoms with Gasteiger partial charge in [-0.15, -0.1) is 0 Å². The Balaban J connectivity index is 1.29. The van der Waals surface area contributed by atoms with Crippen LogP contribution in [0.4, 0.5) is 0 Å². The normalized spacial score (nSPS) is 38.8. The number of rotatable bonds is 3. The molecule has 0 saturated heterocycles. The van der Waals surface area contributed by atoms with Gasteiger partial charge in [0, 0.05) is 18.3 Å². The number of hydrogen-bond acceptors (Lipinski definition) is 2. The third kappa shape index (κ3) is 4.31. The Bertz CT molecular complexity index is 542. The first kappa shape index (κ1) is 18.4. The Morgan fingerprint density at radius 2 is 1.00 bits per heavy atom. The minimum atomic E-state index is 0.620. The van der Waals surface area contributed by atoms with Gasteiger partial charge < -0.3 is 0 Å². The lowest BCUT2D eigenvalue weighted by Gasteiger charge is -2.37. The van der Waals surface area contributed by atoms with Gasteiger partial charge in [0.25, 0.3) is 0 Å². The van der Waals surface area contributed by atoms with E-state index in [2.05, 4.69) is 26.2 Å². The number of hydrogen-bond donors (Lipinski definition) is 0. The molecule has 1 heterocycles. The van der Waals surface area contributed by atoms with Gasteiger partial charge in [-0.3, -0.25) is 0 Å². The highest BCUT2D eigenvalue weighted by atomic mass is 14.9. The fraction of sp³-hybridized carbons (Fsp3) is 0.833. The number of aromatic nitrogens is 2. The van der Waals surface area contributed by atoms with Crippen molar-refractivity contribution in [3.63, 3.8) is 0 Å². The van der Waals surface area contributed by atoms with Gasteiger partial charge in [-0.25, -0.2) is 9.97 Å². The first-order valence-electron chi connectivity index (χ1n) is 11.5. The van der Waals surface area contributed by atoms with Crippen LogP contribution in [0.15, 0.2) is 12.4 Å². The van der Waals surface area contributed by atoms with Crippen LogP contribution in [-0.2, 0) is 0 Å². The van der Waals surface area contributed by atoms with E-state index in [1.807, 2.05) is 0 Å². The molecule has 1 aromatic rings. The summed E-state index contributed by atoms with van der Waals surface area (Å²) in [6, 6.07) is 0. The molecular weight excluding hydrogens is 316 g/mol. The van der Waals surface area contributed by atoms with Crippen LogP contribution in [0.25, 0.3) is 0 Å². The van der Waals surface area contributed by atoms with Crippen molar-refractivity contribution in [2.45, 2.75) is 103 Å². The molecule has 0 N–H and O–H groups in total. The fourth-order valence-corrected chi connectivity index (χ4v) is 5.97. The van der Waals surface area contributed by atoms with Crippen LogP contribution in [0.5, 0.6) is 0 Å². The van der Waals surface area contributed by atoms with Gasteiger partial charge in [0.1, 0.15) is 5.82 Å². The molecule has 26 heavy (non-hydrogen) atoms. The zero-order valence-electron chi connectivity index (χ0n) is 17.0. The number of nitrogens with zero attached hydrogens (tertiary/aromatic N) is 2. The smallest absolute Gasteiger partial charge is 0.131 e. The molecule has 0 radical (unpaired) electrons. The predicted octanol–water partition coefficient (Wildman–Crippen LogP) is 6.87. The highest BCUT2D eigenvalue weighted by molar-refractivity contribution is 5.14. The second-order valence-corrected chi connectivity index (χ2v) is 9.96. The largest absolute Gasteiger partial charge is 0.241 e. The summed E-state index contributed by atoms with van der Waals surface area (Å²) in [6.45, 7) is 4.82. The lowest BCUT2D eigenvalue weighted by atomic mass is 9.69. The molecular formula is C24H38N2. The van der Waals surface area contributed by atoms with E-state index in [1.54, 1.807) is 0 Å². The SMILES string of the molecule is CC1CCC(c2cnc(C3CCC(C4CCC(C)CC4)CC3)nc2)CC1. The Kier molecular flexibility index (Phi) is 5.96. The van der Waals surface area contributed by atoms with Gasteiger partial charge in [-0.2, -0.15) is 0 Å². The van der Waals surface area contributed by atoms with Crippen LogP contribution >= 0.6 is 0 Å². The average Bonchev–Trinajstić information content (AvgIpc) is 2.70. The molecule has 0 bridgehead atoms. The summed E-state index contributed by atoms with van der Waals surface area (Å²) >= 11 is 0. The Hall–Kier alpha value is -0.920. The summed E-state index contributed by atoms with van der Waals surface area (Å²) in [5.74, 6) is 6.36. The van der Waals surface area contributed by atoms with E-state index < -0.39 is 0 Å². The van der Waals surface area contributed by atoms with Gasteiger partial charge in [0.2, 0.25) is 0 Å². The Morgan fingerprint density at radius 3 is 1.54 bits per heavy atom. The highest BCUT2D eigenvalue weighted by Gasteiger charge is 2.31. The maximum absolute atomic E-state index is 4.83. The van der Waals surface area contributed by atoms with Gasteiger partial charge in [0.15, 0.2) is 0 Å². The molecule has 2 nitrogen and oxygen atoms in total. The summed E-state index contributed by atoms with van der Waals surface area (Å²) in [6.07, 6.45) is 21.1. The third-order valence-corrected chi connectivity index (χ3v) is 8.04. The summed E-state index contributed by atoms with van der Waals surface area (Å²) in [5.41, 5.74) is 1.39. The second-order valence-electron chi connectivity index (χ2n) is 9.96. The molecule has 0 aliphatic heterocycles. The molecule has 1 aromatic heterocycles. The first-order chi connectivity index (χ1) is 12.7. The molecule has 0 unspecified atom stereocenters. The highest BCUT2D eigenvalue weighted by Crippen LogP contribution is 2.43. The monoisotopic (exact) mass is 354 g/mol. The summed E-state index contributed by atoms with van der Waals surface area (Å²) in [4.78, 5) is 9.67. The third-order valence-electron chi connectivity index (χ3n) is 8.04. The average molecular weight is 355 g/mol. The first-order valence-corrected chi connectivity index (χ1v) is 11.5. The van der Waals surface area contributed by atoms with Gasteiger partial charge in [-0.05, 0) is 86.5 Å². The molecule has 3 saturated carbocycles. The maximum atomic E-state index is 4.83. The molecule has 3 aliphatic rings. The van der Waals surface area contributed by atoms with Crippen molar-refractivity contribution in [1.29, 1.82) is 0 Å². The molecule has 4 rings (SSSR count). The van der Waals surface area contributed by atoms with Crippen LogP contribution in [0.3, 0.4) is 0 Å². The van der Waals surface area contributed by atoms with Crippen LogP contribution in [0.1, 0.15) is 114 Å². The topological polar surface area (TPSA) is 25.8 Å². The second kappa shape index (κ2) is 8.40. The van der Waals surface area contributed by atoms with Gasteiger partial charge in [-0.1, -0.05) is 39.5 Å². The van der Waals surface area contributed by atoms with Gasteiger partial charge in [0.05, 0.1) is 0 Å². The van der Waals surface area contributed by atoms with Crippen molar-refractivity contribution >= 4 is 0 Å². The predicted molar refractivity (Wildman–Crippen MR) is 108 cm³/mol. The van der Waals surface area contributed by atoms with E-state index in [4.69, 9.17) is 9.97 Å². The van der Waals surface area contributed by atoms with Crippen LogP contribution < -0.4 is 0 Å². The fourth-order valence-electron chi connectivity index (χ4n) is 5.97. The lowest BCUT2D eigenvalue weighted by Crippen LogP contribution is -2.25. The molecule has 144 valence electrons. The van der Waals surface area contributed by atoms with Crippen molar-refractivity contribution in [2.75, 3.05) is 0 Å². The van der Waals surface area contributed by atoms with E-state index in [-0.39, 0.29) is 0 Å². The minimum Gasteiger partial charge on any atom is -0.241 e. The molecule has 0 aromatic carbocycles. The molecule has 0 amide bonds. The molecule has 2 heteroatoms. The summed E-state index contributed by atoms with van der Waals surface area (Å²) < 4.78 is 0. The maximum Gasteiger partial charge on any atom is 0.131 e. The summed E-state index contributed by atoms with van der Waals surface area (Å²) in [5, 5.41) is 0. The molecule has 0 spiro atoms. The van der Waals surface area contributed by atoms with Crippen LogP contribution in [0, 0.1) is 23.7 Å². The quantitative estimate of drug-likeness (QED) is 0.592. The van der Waals surface area contributed by atoms with Crippen molar-refractivity contribution in [2.24, 2.45) is 23.7 Å². The van der Waals surface area contributed by atoms with E-state index in [1.165, 1.54) is 82.6 Å². The van der Waals surface area contributed by atoms with Crippen LogP contribution in [-0.4, -0.2) is 9.97 Å². The zero-order chi connectivity index (χ0) is 17.9.